The molecule has 2 N–H and O–H groups in total. The number of fused-ring (bicyclic) bond motifs is 1. The zero-order valence-electron chi connectivity index (χ0n) is 17.5. The van der Waals surface area contributed by atoms with Gasteiger partial charge in [-0.15, -0.1) is 0 Å². The number of carbonyl (C=O) groups is 1. The van der Waals surface area contributed by atoms with E-state index >= 15 is 0 Å². The van der Waals surface area contributed by atoms with Gasteiger partial charge in [0.1, 0.15) is 6.61 Å². The van der Waals surface area contributed by atoms with Gasteiger partial charge in [0, 0.05) is 40.3 Å². The van der Waals surface area contributed by atoms with Crippen molar-refractivity contribution in [2.45, 2.75) is 19.1 Å². The van der Waals surface area contributed by atoms with Crippen molar-refractivity contribution in [3.8, 4) is 11.5 Å². The molecule has 0 radical (unpaired) electrons. The fraction of sp³-hybridized carbons (Fsp3) is 0.500. The molecule has 2 atom stereocenters. The Hall–Kier alpha value is -3.14. The second-order valence-electron chi connectivity index (χ2n) is 7.65. The van der Waals surface area contributed by atoms with Gasteiger partial charge in [-0.05, 0) is 19.1 Å². The summed E-state index contributed by atoms with van der Waals surface area (Å²) in [6.07, 6.45) is -0.616. The maximum Gasteiger partial charge on any atom is 0.267 e. The predicted octanol–water partition coefficient (Wildman–Crippen LogP) is 0.565. The molecule has 0 spiro atoms. The first kappa shape index (κ1) is 20.1. The van der Waals surface area contributed by atoms with Gasteiger partial charge in [0.25, 0.3) is 5.91 Å². The lowest BCUT2D eigenvalue weighted by molar-refractivity contribution is -0.143. The van der Waals surface area contributed by atoms with Crippen molar-refractivity contribution < 1.29 is 14.3 Å². The molecule has 2 unspecified atom stereocenters. The fourth-order valence-electron chi connectivity index (χ4n) is 3.62. The Labute approximate surface area is 175 Å². The molecule has 1 aromatic heterocycles. The van der Waals surface area contributed by atoms with Gasteiger partial charge in [0.05, 0.1) is 6.04 Å². The summed E-state index contributed by atoms with van der Waals surface area (Å²) in [5.74, 6) is 2.61. The van der Waals surface area contributed by atoms with E-state index < -0.39 is 6.10 Å². The van der Waals surface area contributed by atoms with Crippen molar-refractivity contribution in [1.82, 2.24) is 24.8 Å². The number of nitrogens with two attached hydrogens (primary N) is 1. The van der Waals surface area contributed by atoms with Crippen LogP contribution in [0, 0.1) is 0 Å². The molecule has 10 nitrogen and oxygen atoms in total. The van der Waals surface area contributed by atoms with Gasteiger partial charge >= 0.3 is 0 Å². The number of anilines is 2. The number of ether oxygens (including phenoxy) is 2. The standard InChI is InChI=1S/C20H27N7O3/c1-13(17-22-19(21)24-20(23-17)25(2)3)26-8-10-27(11-9-26)18(28)16-12-29-14-6-4-5-7-15(14)30-16/h4-7,13,16H,8-12H2,1-3H3,(H2,21,22,23,24). The molecule has 3 heterocycles. The summed E-state index contributed by atoms with van der Waals surface area (Å²) in [5.41, 5.74) is 5.86. The van der Waals surface area contributed by atoms with Crippen molar-refractivity contribution in [1.29, 1.82) is 0 Å². The highest BCUT2D eigenvalue weighted by Gasteiger charge is 2.34. The lowest BCUT2D eigenvalue weighted by Crippen LogP contribution is -2.54. The van der Waals surface area contributed by atoms with Crippen LogP contribution in [0.1, 0.15) is 18.8 Å². The number of aromatic nitrogens is 3. The number of nitrogens with zero attached hydrogens (tertiary/aromatic N) is 6. The first-order chi connectivity index (χ1) is 14.4. The third-order valence-corrected chi connectivity index (χ3v) is 5.39. The van der Waals surface area contributed by atoms with E-state index in [1.807, 2.05) is 50.2 Å². The van der Waals surface area contributed by atoms with Gasteiger partial charge in [-0.2, -0.15) is 15.0 Å². The number of hydrogen-bond donors (Lipinski definition) is 1. The molecule has 30 heavy (non-hydrogen) atoms. The molecule has 0 saturated carbocycles. The second kappa shape index (κ2) is 8.31. The molecule has 1 saturated heterocycles. The lowest BCUT2D eigenvalue weighted by Gasteiger charge is -2.39. The number of benzene rings is 1. The van der Waals surface area contributed by atoms with Crippen LogP contribution in [0.15, 0.2) is 24.3 Å². The van der Waals surface area contributed by atoms with Crippen molar-refractivity contribution in [3.05, 3.63) is 30.1 Å². The molecular weight excluding hydrogens is 386 g/mol. The average Bonchev–Trinajstić information content (AvgIpc) is 2.77. The molecule has 2 aromatic rings. The number of para-hydroxylation sites is 2. The molecule has 1 amide bonds. The minimum atomic E-state index is -0.616. The van der Waals surface area contributed by atoms with Crippen LogP contribution >= 0.6 is 0 Å². The number of carbonyl (C=O) groups excluding carboxylic acids is 1. The summed E-state index contributed by atoms with van der Waals surface area (Å²) in [4.78, 5) is 31.8. The van der Waals surface area contributed by atoms with E-state index in [0.717, 1.165) is 0 Å². The maximum atomic E-state index is 12.9. The molecule has 160 valence electrons. The van der Waals surface area contributed by atoms with Crippen LogP contribution in [0.4, 0.5) is 11.9 Å². The Balaban J connectivity index is 1.36. The Bertz CT molecular complexity index is 915. The molecule has 4 rings (SSSR count). The van der Waals surface area contributed by atoms with Crippen molar-refractivity contribution in [2.24, 2.45) is 0 Å². The van der Waals surface area contributed by atoms with E-state index in [-0.39, 0.29) is 24.5 Å². The van der Waals surface area contributed by atoms with Gasteiger partial charge < -0.3 is 25.0 Å². The van der Waals surface area contributed by atoms with Crippen molar-refractivity contribution in [2.75, 3.05) is 57.5 Å². The summed E-state index contributed by atoms with van der Waals surface area (Å²) >= 11 is 0. The van der Waals surface area contributed by atoms with Crippen LogP contribution in [0.3, 0.4) is 0 Å². The Morgan fingerprint density at radius 2 is 1.83 bits per heavy atom. The van der Waals surface area contributed by atoms with Crippen LogP contribution in [-0.2, 0) is 4.79 Å². The highest BCUT2D eigenvalue weighted by Crippen LogP contribution is 2.31. The second-order valence-corrected chi connectivity index (χ2v) is 7.65. The lowest BCUT2D eigenvalue weighted by atomic mass is 10.2. The van der Waals surface area contributed by atoms with E-state index in [2.05, 4.69) is 19.9 Å². The number of piperazine rings is 1. The molecule has 2 aliphatic rings. The predicted molar refractivity (Wildman–Crippen MR) is 111 cm³/mol. The number of nitrogen functional groups attached to an aromatic ring is 1. The molecule has 0 bridgehead atoms. The topological polar surface area (TPSA) is 110 Å². The Morgan fingerprint density at radius 1 is 1.13 bits per heavy atom. The van der Waals surface area contributed by atoms with Crippen LogP contribution in [0.2, 0.25) is 0 Å². The molecule has 0 aliphatic carbocycles. The van der Waals surface area contributed by atoms with Gasteiger partial charge in [-0.25, -0.2) is 0 Å². The SMILES string of the molecule is CC(c1nc(N)nc(N(C)C)n1)N1CCN(C(=O)C2COc3ccccc3O2)CC1. The van der Waals surface area contributed by atoms with Gasteiger partial charge in [-0.1, -0.05) is 12.1 Å². The third-order valence-electron chi connectivity index (χ3n) is 5.39. The van der Waals surface area contributed by atoms with Gasteiger partial charge in [-0.3, -0.25) is 9.69 Å². The van der Waals surface area contributed by atoms with E-state index in [1.54, 1.807) is 4.90 Å². The Morgan fingerprint density at radius 3 is 2.53 bits per heavy atom. The molecule has 1 fully saturated rings. The Kier molecular flexibility index (Phi) is 5.58. The van der Waals surface area contributed by atoms with Crippen LogP contribution < -0.4 is 20.1 Å². The minimum Gasteiger partial charge on any atom is -0.485 e. The molecule has 1 aromatic carbocycles. The first-order valence-corrected chi connectivity index (χ1v) is 10.0. The number of hydrogen-bond acceptors (Lipinski definition) is 9. The van der Waals surface area contributed by atoms with Crippen LogP contribution in [-0.4, -0.2) is 83.6 Å². The maximum absolute atomic E-state index is 12.9. The zero-order valence-corrected chi connectivity index (χ0v) is 17.5. The summed E-state index contributed by atoms with van der Waals surface area (Å²) in [6.45, 7) is 4.89. The van der Waals surface area contributed by atoms with Crippen molar-refractivity contribution in [3.63, 3.8) is 0 Å². The fourth-order valence-corrected chi connectivity index (χ4v) is 3.62. The molecule has 2 aliphatic heterocycles. The van der Waals surface area contributed by atoms with E-state index in [1.165, 1.54) is 0 Å². The highest BCUT2D eigenvalue weighted by atomic mass is 16.6. The van der Waals surface area contributed by atoms with E-state index in [0.29, 0.717) is 49.5 Å². The normalized spacial score (nSPS) is 20.0. The summed E-state index contributed by atoms with van der Waals surface area (Å²) < 4.78 is 11.5. The van der Waals surface area contributed by atoms with Gasteiger partial charge in [0.2, 0.25) is 18.0 Å². The average molecular weight is 413 g/mol. The molecule has 10 heteroatoms. The van der Waals surface area contributed by atoms with Crippen LogP contribution in [0.25, 0.3) is 0 Å². The highest BCUT2D eigenvalue weighted by molar-refractivity contribution is 5.82. The van der Waals surface area contributed by atoms with Crippen LogP contribution in [0.5, 0.6) is 11.5 Å². The minimum absolute atomic E-state index is 0.0348. The van der Waals surface area contributed by atoms with Gasteiger partial charge in [0.15, 0.2) is 17.3 Å². The summed E-state index contributed by atoms with van der Waals surface area (Å²) in [6, 6.07) is 7.37. The third kappa shape index (κ3) is 4.09. The summed E-state index contributed by atoms with van der Waals surface area (Å²) in [5, 5.41) is 0. The largest absolute Gasteiger partial charge is 0.485 e. The smallest absolute Gasteiger partial charge is 0.267 e. The monoisotopic (exact) mass is 413 g/mol. The van der Waals surface area contributed by atoms with E-state index in [9.17, 15) is 4.79 Å². The summed E-state index contributed by atoms with van der Waals surface area (Å²) in [7, 11) is 3.73. The van der Waals surface area contributed by atoms with Crippen molar-refractivity contribution >= 4 is 17.8 Å². The quantitative estimate of drug-likeness (QED) is 0.769. The zero-order chi connectivity index (χ0) is 21.3. The number of rotatable bonds is 4. The number of amides is 1. The van der Waals surface area contributed by atoms with E-state index in [4.69, 9.17) is 15.2 Å². The first-order valence-electron chi connectivity index (χ1n) is 10.0. The molecular formula is C20H27N7O3.